The summed E-state index contributed by atoms with van der Waals surface area (Å²) in [7, 11) is -1.59. The fourth-order valence-corrected chi connectivity index (χ4v) is 5.86. The summed E-state index contributed by atoms with van der Waals surface area (Å²) >= 11 is 0. The SMILES string of the molecule is CCn1ncc(S(=O)N2CCN(CCC(F)(F)F)C(c3cc4cnn(-c5ccc(F)cc5)c4cc3C)C2)n1. The fourth-order valence-electron chi connectivity index (χ4n) is 4.77. The van der Waals surface area contributed by atoms with Gasteiger partial charge < -0.3 is 0 Å². The Morgan fingerprint density at radius 3 is 2.53 bits per heavy atom. The molecule has 2 aromatic carbocycles. The number of alkyl halides is 3. The van der Waals surface area contributed by atoms with Crippen LogP contribution in [0.5, 0.6) is 0 Å². The molecule has 1 aliphatic rings. The van der Waals surface area contributed by atoms with Crippen molar-refractivity contribution in [3.05, 3.63) is 65.7 Å². The molecular weight excluding hydrogens is 522 g/mol. The lowest BCUT2D eigenvalue weighted by atomic mass is 9.96. The van der Waals surface area contributed by atoms with Gasteiger partial charge in [-0.1, -0.05) is 0 Å². The number of hydrogen-bond donors (Lipinski definition) is 0. The van der Waals surface area contributed by atoms with Crippen LogP contribution in [0.4, 0.5) is 17.6 Å². The van der Waals surface area contributed by atoms with Gasteiger partial charge in [0.25, 0.3) is 0 Å². The van der Waals surface area contributed by atoms with E-state index in [2.05, 4.69) is 15.3 Å². The summed E-state index contributed by atoms with van der Waals surface area (Å²) in [5.41, 5.74) is 3.21. The van der Waals surface area contributed by atoms with Crippen LogP contribution in [0.15, 0.2) is 53.8 Å². The van der Waals surface area contributed by atoms with Gasteiger partial charge in [0.05, 0.1) is 36.6 Å². The highest BCUT2D eigenvalue weighted by molar-refractivity contribution is 7.82. The number of hydrogen-bond acceptors (Lipinski definition) is 5. The maximum absolute atomic E-state index is 13.4. The van der Waals surface area contributed by atoms with Gasteiger partial charge in [-0.05, 0) is 61.4 Å². The van der Waals surface area contributed by atoms with Gasteiger partial charge >= 0.3 is 6.18 Å². The maximum atomic E-state index is 13.4. The number of aromatic nitrogens is 5. The van der Waals surface area contributed by atoms with Crippen LogP contribution in [0.25, 0.3) is 16.6 Å². The van der Waals surface area contributed by atoms with Crippen molar-refractivity contribution >= 4 is 21.9 Å². The molecule has 1 saturated heterocycles. The van der Waals surface area contributed by atoms with Crippen molar-refractivity contribution in [3.8, 4) is 5.69 Å². The van der Waals surface area contributed by atoms with E-state index in [0.29, 0.717) is 30.3 Å². The largest absolute Gasteiger partial charge is 0.390 e. The van der Waals surface area contributed by atoms with Gasteiger partial charge in [-0.2, -0.15) is 28.2 Å². The van der Waals surface area contributed by atoms with Crippen molar-refractivity contribution in [3.63, 3.8) is 0 Å². The molecule has 0 bridgehead atoms. The summed E-state index contributed by atoms with van der Waals surface area (Å²) in [6, 6.07) is 9.43. The van der Waals surface area contributed by atoms with Crippen LogP contribution in [-0.4, -0.2) is 70.5 Å². The standard InChI is InChI=1S/C25H27F4N7OS/c1-3-35-30-15-24(32-35)38(37)34-11-10-33(9-8-25(27,28)29)23(16-34)21-13-18-14-31-36(22(18)12-17(21)2)20-6-4-19(26)5-7-20/h4-7,12-15,23H,3,8-11,16H2,1-2H3. The Balaban J connectivity index is 1.48. The summed E-state index contributed by atoms with van der Waals surface area (Å²) in [4.78, 5) is 3.25. The van der Waals surface area contributed by atoms with E-state index in [9.17, 15) is 21.8 Å². The molecule has 1 fully saturated rings. The van der Waals surface area contributed by atoms with Crippen LogP contribution < -0.4 is 0 Å². The van der Waals surface area contributed by atoms with E-state index in [0.717, 1.165) is 22.0 Å². The molecule has 3 heterocycles. The molecule has 4 aromatic rings. The van der Waals surface area contributed by atoms with Gasteiger partial charge in [0.1, 0.15) is 16.8 Å². The van der Waals surface area contributed by atoms with Crippen molar-refractivity contribution in [2.45, 2.75) is 44.1 Å². The first-order chi connectivity index (χ1) is 18.1. The molecule has 0 radical (unpaired) electrons. The number of rotatable bonds is 7. The molecule has 13 heteroatoms. The second-order valence-corrected chi connectivity index (χ2v) is 10.7. The molecule has 0 amide bonds. The molecule has 8 nitrogen and oxygen atoms in total. The predicted octanol–water partition coefficient (Wildman–Crippen LogP) is 4.42. The number of piperazine rings is 1. The van der Waals surface area contributed by atoms with E-state index in [1.165, 1.54) is 23.1 Å². The Kier molecular flexibility index (Phi) is 7.34. The Morgan fingerprint density at radius 1 is 1.08 bits per heavy atom. The normalized spacial score (nSPS) is 18.3. The number of nitrogens with zero attached hydrogens (tertiary/aromatic N) is 7. The van der Waals surface area contributed by atoms with Gasteiger partial charge in [0.15, 0.2) is 5.03 Å². The monoisotopic (exact) mass is 549 g/mol. The Bertz CT molecular complexity index is 1450. The van der Waals surface area contributed by atoms with Crippen LogP contribution in [0.1, 0.15) is 30.5 Å². The van der Waals surface area contributed by atoms with Crippen molar-refractivity contribution in [2.24, 2.45) is 0 Å². The number of aryl methyl sites for hydroxylation is 2. The molecule has 38 heavy (non-hydrogen) atoms. The van der Waals surface area contributed by atoms with Crippen molar-refractivity contribution in [2.75, 3.05) is 26.2 Å². The average molecular weight is 550 g/mol. The first-order valence-electron chi connectivity index (χ1n) is 12.2. The van der Waals surface area contributed by atoms with Gasteiger partial charge in [-0.3, -0.25) is 4.90 Å². The number of benzene rings is 2. The molecule has 2 unspecified atom stereocenters. The van der Waals surface area contributed by atoms with E-state index in [4.69, 9.17) is 0 Å². The zero-order chi connectivity index (χ0) is 27.0. The van der Waals surface area contributed by atoms with Gasteiger partial charge in [-0.25, -0.2) is 17.6 Å². The second kappa shape index (κ2) is 10.5. The zero-order valence-electron chi connectivity index (χ0n) is 20.9. The van der Waals surface area contributed by atoms with E-state index < -0.39 is 29.6 Å². The van der Waals surface area contributed by atoms with Crippen LogP contribution in [0.3, 0.4) is 0 Å². The van der Waals surface area contributed by atoms with E-state index in [1.54, 1.807) is 27.3 Å². The summed E-state index contributed by atoms with van der Waals surface area (Å²) in [6.45, 7) is 5.08. The Morgan fingerprint density at radius 2 is 1.84 bits per heavy atom. The van der Waals surface area contributed by atoms with Crippen LogP contribution in [0.2, 0.25) is 0 Å². The molecule has 0 N–H and O–H groups in total. The minimum Gasteiger partial charge on any atom is -0.293 e. The highest BCUT2D eigenvalue weighted by Gasteiger charge is 2.36. The third kappa shape index (κ3) is 5.49. The Hall–Kier alpha value is -3.16. The highest BCUT2D eigenvalue weighted by Crippen LogP contribution is 2.34. The Labute approximate surface area is 219 Å². The summed E-state index contributed by atoms with van der Waals surface area (Å²) in [5, 5.41) is 13.9. The van der Waals surface area contributed by atoms with Gasteiger partial charge in [-0.15, -0.1) is 5.10 Å². The quantitative estimate of drug-likeness (QED) is 0.319. The van der Waals surface area contributed by atoms with E-state index >= 15 is 0 Å². The molecule has 0 spiro atoms. The lowest BCUT2D eigenvalue weighted by Crippen LogP contribution is -2.49. The van der Waals surface area contributed by atoms with Gasteiger partial charge in [0.2, 0.25) is 0 Å². The molecule has 2 aromatic heterocycles. The number of fused-ring (bicyclic) bond motifs is 1. The van der Waals surface area contributed by atoms with Crippen LogP contribution in [-0.2, 0) is 17.5 Å². The molecule has 5 rings (SSSR count). The molecule has 0 saturated carbocycles. The molecule has 0 aliphatic carbocycles. The van der Waals surface area contributed by atoms with Crippen LogP contribution >= 0.6 is 0 Å². The maximum Gasteiger partial charge on any atom is 0.390 e. The lowest BCUT2D eigenvalue weighted by Gasteiger charge is -2.41. The van der Waals surface area contributed by atoms with Crippen molar-refractivity contribution in [1.29, 1.82) is 0 Å². The average Bonchev–Trinajstić information content (AvgIpc) is 3.54. The topological polar surface area (TPSA) is 72.1 Å². The van der Waals surface area contributed by atoms with Crippen molar-refractivity contribution < 1.29 is 21.8 Å². The number of halogens is 4. The third-order valence-corrected chi connectivity index (χ3v) is 8.08. The van der Waals surface area contributed by atoms with Gasteiger partial charge in [0, 0.05) is 37.6 Å². The highest BCUT2D eigenvalue weighted by atomic mass is 32.2. The summed E-state index contributed by atoms with van der Waals surface area (Å²) < 4.78 is 69.6. The second-order valence-electron chi connectivity index (χ2n) is 9.23. The lowest BCUT2D eigenvalue weighted by molar-refractivity contribution is -0.140. The minimum atomic E-state index is -4.28. The summed E-state index contributed by atoms with van der Waals surface area (Å²) in [6.07, 6.45) is -2.06. The summed E-state index contributed by atoms with van der Waals surface area (Å²) in [5.74, 6) is -0.348. The zero-order valence-corrected chi connectivity index (χ0v) is 21.7. The van der Waals surface area contributed by atoms with E-state index in [1.807, 2.05) is 30.9 Å². The van der Waals surface area contributed by atoms with E-state index in [-0.39, 0.29) is 18.9 Å². The predicted molar refractivity (Wildman–Crippen MR) is 134 cm³/mol. The molecule has 2 atom stereocenters. The first-order valence-corrected chi connectivity index (χ1v) is 13.4. The first kappa shape index (κ1) is 26.4. The molecule has 1 aliphatic heterocycles. The fraction of sp³-hybridized carbons (Fsp3) is 0.400. The molecular formula is C25H27F4N7OS. The minimum absolute atomic E-state index is 0.160. The van der Waals surface area contributed by atoms with Crippen molar-refractivity contribution in [1.82, 2.24) is 34.0 Å². The third-order valence-electron chi connectivity index (χ3n) is 6.73. The molecule has 202 valence electrons. The van der Waals surface area contributed by atoms with Crippen LogP contribution in [0, 0.1) is 12.7 Å². The smallest absolute Gasteiger partial charge is 0.293 e.